The first-order valence-corrected chi connectivity index (χ1v) is 15.3. The summed E-state index contributed by atoms with van der Waals surface area (Å²) >= 11 is 6.35. The third kappa shape index (κ3) is 5.83. The summed E-state index contributed by atoms with van der Waals surface area (Å²) in [5.74, 6) is -1.22. The summed E-state index contributed by atoms with van der Waals surface area (Å²) in [7, 11) is 0. The van der Waals surface area contributed by atoms with Crippen molar-refractivity contribution < 1.29 is 27.8 Å². The molecule has 6 rings (SSSR count). The van der Waals surface area contributed by atoms with Gasteiger partial charge in [0.25, 0.3) is 0 Å². The molecule has 0 radical (unpaired) electrons. The van der Waals surface area contributed by atoms with Crippen molar-refractivity contribution in [3.63, 3.8) is 0 Å². The van der Waals surface area contributed by atoms with E-state index in [1.807, 2.05) is 24.8 Å². The van der Waals surface area contributed by atoms with Crippen LogP contribution in [0, 0.1) is 23.0 Å². The number of alkyl halides is 1. The van der Waals surface area contributed by atoms with Crippen molar-refractivity contribution in [2.75, 3.05) is 37.7 Å². The maximum absolute atomic E-state index is 16.6. The van der Waals surface area contributed by atoms with Gasteiger partial charge in [0.15, 0.2) is 5.82 Å². The van der Waals surface area contributed by atoms with Crippen LogP contribution in [-0.4, -0.2) is 93.0 Å². The van der Waals surface area contributed by atoms with E-state index in [0.717, 1.165) is 0 Å². The number of rotatable bonds is 7. The second kappa shape index (κ2) is 12.8. The van der Waals surface area contributed by atoms with Crippen LogP contribution in [-0.2, 0) is 0 Å². The highest BCUT2D eigenvalue weighted by atomic mass is 35.5. The van der Waals surface area contributed by atoms with Gasteiger partial charge in [0, 0.05) is 55.4 Å². The molecule has 2 aromatic heterocycles. The topological polar surface area (TPSA) is 119 Å². The maximum Gasteiger partial charge on any atom is 0.407 e. The van der Waals surface area contributed by atoms with E-state index in [4.69, 9.17) is 16.3 Å². The third-order valence-electron chi connectivity index (χ3n) is 8.66. The number of ether oxygens (including phenoxy) is 1. The van der Waals surface area contributed by atoms with E-state index in [2.05, 4.69) is 15.0 Å². The van der Waals surface area contributed by atoms with Crippen molar-refractivity contribution >= 4 is 45.2 Å². The first-order valence-electron chi connectivity index (χ1n) is 14.9. The molecule has 240 valence electrons. The van der Waals surface area contributed by atoms with Crippen molar-refractivity contribution in [3.8, 4) is 23.3 Å². The first kappa shape index (κ1) is 31.6. The molecule has 2 aliphatic heterocycles. The molecule has 14 heteroatoms. The number of carbonyl (C=O) groups is 1. The minimum atomic E-state index is -1.14. The number of aromatic nitrogens is 3. The van der Waals surface area contributed by atoms with Gasteiger partial charge in [-0.3, -0.25) is 9.88 Å². The second-order valence-corrected chi connectivity index (χ2v) is 12.2. The quantitative estimate of drug-likeness (QED) is 0.254. The van der Waals surface area contributed by atoms with Gasteiger partial charge in [-0.05, 0) is 31.7 Å². The second-order valence-electron chi connectivity index (χ2n) is 11.8. The molecule has 1 N–H and O–H groups in total. The zero-order valence-corrected chi connectivity index (χ0v) is 25.9. The Hall–Kier alpha value is -4.41. The standard InChI is InChI=1S/C32H31ClF3N7O3/c1-17(2)43-14-19(34)12-21(43)16-46-31-39-29-23(30(40-31)41-10-11-42(32(44)45)20(15-41)8-9-37)13-38-28(27(29)36)22-5-3-4-18-6-7-24(35)26(33)25(18)22/h3-7,13,17,19-21H,8,10-12,14-16H2,1-2H3,(H,44,45)/t19-,20?,21+/m1/s1. The molecule has 2 saturated heterocycles. The number of amides is 1. The SMILES string of the molecule is CC(C)N1C[C@H](F)C[C@H]1COc1nc(N2CCN(C(=O)O)C(CC#N)C2)c2cnc(-c3cccc4ccc(F)c(Cl)c34)c(F)c2n1. The van der Waals surface area contributed by atoms with Crippen molar-refractivity contribution in [1.29, 1.82) is 5.26 Å². The summed E-state index contributed by atoms with van der Waals surface area (Å²) in [6.45, 7) is 4.68. The molecule has 3 atom stereocenters. The molecule has 4 heterocycles. The van der Waals surface area contributed by atoms with E-state index in [-0.39, 0.29) is 96.7 Å². The third-order valence-corrected chi connectivity index (χ3v) is 9.03. The fourth-order valence-electron chi connectivity index (χ4n) is 6.45. The zero-order chi connectivity index (χ0) is 32.7. The Morgan fingerprint density at radius 3 is 2.72 bits per heavy atom. The van der Waals surface area contributed by atoms with Gasteiger partial charge in [-0.15, -0.1) is 0 Å². The van der Waals surface area contributed by atoms with E-state index in [9.17, 15) is 23.9 Å². The van der Waals surface area contributed by atoms with Gasteiger partial charge in [0.05, 0.1) is 28.9 Å². The van der Waals surface area contributed by atoms with Gasteiger partial charge in [-0.2, -0.15) is 15.2 Å². The molecule has 4 aromatic rings. The number of nitrogens with zero attached hydrogens (tertiary/aromatic N) is 7. The van der Waals surface area contributed by atoms with Crippen molar-refractivity contribution in [2.24, 2.45) is 0 Å². The minimum absolute atomic E-state index is 0.0541. The van der Waals surface area contributed by atoms with Crippen LogP contribution < -0.4 is 9.64 Å². The van der Waals surface area contributed by atoms with Crippen LogP contribution in [0.2, 0.25) is 5.02 Å². The lowest BCUT2D eigenvalue weighted by atomic mass is 10.0. The van der Waals surface area contributed by atoms with E-state index in [1.54, 1.807) is 29.2 Å². The Morgan fingerprint density at radius 2 is 1.98 bits per heavy atom. The summed E-state index contributed by atoms with van der Waals surface area (Å²) < 4.78 is 51.5. The Bertz CT molecular complexity index is 1860. The predicted molar refractivity (Wildman–Crippen MR) is 167 cm³/mol. The normalized spacial score (nSPS) is 20.5. The van der Waals surface area contributed by atoms with E-state index < -0.39 is 29.9 Å². The monoisotopic (exact) mass is 653 g/mol. The molecule has 0 saturated carbocycles. The molecule has 0 aliphatic carbocycles. The highest BCUT2D eigenvalue weighted by Gasteiger charge is 2.35. The molecule has 1 unspecified atom stereocenters. The Labute approximate surface area is 268 Å². The molecule has 2 fully saturated rings. The summed E-state index contributed by atoms with van der Waals surface area (Å²) in [6.07, 6.45) is -0.521. The van der Waals surface area contributed by atoms with Gasteiger partial charge in [0.1, 0.15) is 35.6 Å². The lowest BCUT2D eigenvalue weighted by Gasteiger charge is -2.39. The smallest absolute Gasteiger partial charge is 0.407 e. The number of hydrogen-bond donors (Lipinski definition) is 1. The molecular weight excluding hydrogens is 623 g/mol. The highest BCUT2D eigenvalue weighted by molar-refractivity contribution is 6.36. The van der Waals surface area contributed by atoms with Crippen molar-refractivity contribution in [3.05, 3.63) is 53.2 Å². The predicted octanol–water partition coefficient (Wildman–Crippen LogP) is 6.06. The number of nitriles is 1. The van der Waals surface area contributed by atoms with Crippen LogP contribution in [0.4, 0.5) is 23.8 Å². The summed E-state index contributed by atoms with van der Waals surface area (Å²) in [5.41, 5.74) is 0.0320. The average molecular weight is 654 g/mol. The molecule has 2 aliphatic rings. The van der Waals surface area contributed by atoms with Gasteiger partial charge >= 0.3 is 12.1 Å². The first-order chi connectivity index (χ1) is 22.1. The number of fused-ring (bicyclic) bond motifs is 2. The number of halogens is 4. The number of piperazine rings is 1. The molecule has 10 nitrogen and oxygen atoms in total. The van der Waals surface area contributed by atoms with Crippen molar-refractivity contribution in [2.45, 2.75) is 51.0 Å². The summed E-state index contributed by atoms with van der Waals surface area (Å²) in [6, 6.07) is 8.86. The highest BCUT2D eigenvalue weighted by Crippen LogP contribution is 2.38. The van der Waals surface area contributed by atoms with Crippen LogP contribution in [0.5, 0.6) is 6.01 Å². The molecule has 1 amide bonds. The molecular formula is C32H31ClF3N7O3. The molecule has 0 bridgehead atoms. The Morgan fingerprint density at radius 1 is 1.17 bits per heavy atom. The van der Waals surface area contributed by atoms with E-state index in [0.29, 0.717) is 10.8 Å². The summed E-state index contributed by atoms with van der Waals surface area (Å²) in [4.78, 5) is 30.3. The fraction of sp³-hybridized carbons (Fsp3) is 0.406. The number of carboxylic acid groups (broad SMARTS) is 1. The molecule has 46 heavy (non-hydrogen) atoms. The van der Waals surface area contributed by atoms with Gasteiger partial charge in [-0.25, -0.2) is 18.0 Å². The largest absolute Gasteiger partial charge is 0.465 e. The van der Waals surface area contributed by atoms with Crippen LogP contribution in [0.25, 0.3) is 32.9 Å². The van der Waals surface area contributed by atoms with Crippen molar-refractivity contribution in [1.82, 2.24) is 24.8 Å². The Balaban J connectivity index is 1.46. The van der Waals surface area contributed by atoms with Gasteiger partial charge < -0.3 is 19.6 Å². The van der Waals surface area contributed by atoms with Crippen LogP contribution in [0.15, 0.2) is 36.5 Å². The lowest BCUT2D eigenvalue weighted by Crippen LogP contribution is -2.55. The number of likely N-dealkylation sites (tertiary alicyclic amines) is 1. The fourth-order valence-corrected chi connectivity index (χ4v) is 6.73. The van der Waals surface area contributed by atoms with E-state index in [1.165, 1.54) is 17.2 Å². The zero-order valence-electron chi connectivity index (χ0n) is 25.1. The number of anilines is 1. The van der Waals surface area contributed by atoms with Gasteiger partial charge in [0.2, 0.25) is 0 Å². The number of benzene rings is 2. The van der Waals surface area contributed by atoms with E-state index >= 15 is 4.39 Å². The molecule has 2 aromatic carbocycles. The average Bonchev–Trinajstić information content (AvgIpc) is 3.42. The van der Waals surface area contributed by atoms with Gasteiger partial charge in [-0.1, -0.05) is 35.9 Å². The summed E-state index contributed by atoms with van der Waals surface area (Å²) in [5, 5.41) is 20.0. The lowest BCUT2D eigenvalue weighted by molar-refractivity contribution is 0.119. The van der Waals surface area contributed by atoms with Crippen LogP contribution in [0.1, 0.15) is 26.7 Å². The minimum Gasteiger partial charge on any atom is -0.465 e. The number of hydrogen-bond acceptors (Lipinski definition) is 8. The molecule has 0 spiro atoms. The number of pyridine rings is 1. The Kier molecular flexibility index (Phi) is 8.76. The maximum atomic E-state index is 16.6. The van der Waals surface area contributed by atoms with Crippen LogP contribution >= 0.6 is 11.6 Å². The van der Waals surface area contributed by atoms with Crippen LogP contribution in [0.3, 0.4) is 0 Å².